The van der Waals surface area contributed by atoms with Crippen LogP contribution in [0.3, 0.4) is 0 Å². The van der Waals surface area contributed by atoms with Crippen LogP contribution in [0.5, 0.6) is 0 Å². The molecule has 0 unspecified atom stereocenters. The van der Waals surface area contributed by atoms with Crippen molar-refractivity contribution in [2.45, 2.75) is 57.4 Å². The lowest BCUT2D eigenvalue weighted by molar-refractivity contribution is -0.137. The van der Waals surface area contributed by atoms with Gasteiger partial charge in [-0.25, -0.2) is 4.98 Å². The first kappa shape index (κ1) is 15.9. The molecule has 0 saturated carbocycles. The Labute approximate surface area is 137 Å². The lowest BCUT2D eigenvalue weighted by Gasteiger charge is -2.36. The third-order valence-electron chi connectivity index (χ3n) is 5.08. The molecule has 2 fully saturated rings. The van der Waals surface area contributed by atoms with E-state index in [1.54, 1.807) is 11.3 Å². The fourth-order valence-electron chi connectivity index (χ4n) is 3.72. The van der Waals surface area contributed by atoms with Crippen molar-refractivity contribution in [1.29, 1.82) is 0 Å². The second kappa shape index (κ2) is 7.55. The van der Waals surface area contributed by atoms with Crippen LogP contribution < -0.4 is 0 Å². The van der Waals surface area contributed by atoms with Crippen LogP contribution in [0.15, 0.2) is 11.6 Å². The zero-order valence-electron chi connectivity index (χ0n) is 13.5. The Bertz CT molecular complexity index is 468. The number of carbonyl (C=O) groups excluding carboxylic acids is 1. The molecule has 0 N–H and O–H groups in total. The van der Waals surface area contributed by atoms with E-state index in [0.29, 0.717) is 11.8 Å². The maximum absolute atomic E-state index is 12.9. The molecule has 0 aromatic carbocycles. The summed E-state index contributed by atoms with van der Waals surface area (Å²) < 4.78 is 0. The number of nitrogens with zero attached hydrogens (tertiary/aromatic N) is 3. The summed E-state index contributed by atoms with van der Waals surface area (Å²) in [5, 5.41) is 3.23. The predicted molar refractivity (Wildman–Crippen MR) is 90.2 cm³/mol. The highest BCUT2D eigenvalue weighted by atomic mass is 32.1. The fourth-order valence-corrected chi connectivity index (χ4v) is 4.49. The van der Waals surface area contributed by atoms with E-state index in [9.17, 15) is 4.79 Å². The van der Waals surface area contributed by atoms with Crippen LogP contribution in [0.25, 0.3) is 0 Å². The molecule has 3 heterocycles. The maximum atomic E-state index is 12.9. The smallest absolute Gasteiger partial charge is 0.239 e. The van der Waals surface area contributed by atoms with Gasteiger partial charge in [0.05, 0.1) is 11.0 Å². The number of aromatic nitrogens is 1. The fraction of sp³-hybridized carbons (Fsp3) is 0.765. The van der Waals surface area contributed by atoms with Crippen LogP contribution >= 0.6 is 11.3 Å². The molecule has 4 nitrogen and oxygen atoms in total. The maximum Gasteiger partial charge on any atom is 0.239 e. The highest BCUT2D eigenvalue weighted by molar-refractivity contribution is 7.09. The topological polar surface area (TPSA) is 36.4 Å². The van der Waals surface area contributed by atoms with Gasteiger partial charge in [0.15, 0.2) is 0 Å². The van der Waals surface area contributed by atoms with Crippen molar-refractivity contribution in [3.8, 4) is 0 Å². The zero-order valence-corrected chi connectivity index (χ0v) is 14.4. The van der Waals surface area contributed by atoms with Gasteiger partial charge in [0.25, 0.3) is 0 Å². The summed E-state index contributed by atoms with van der Waals surface area (Å²) in [7, 11) is 0. The number of hydrogen-bond donors (Lipinski definition) is 0. The van der Waals surface area contributed by atoms with Crippen molar-refractivity contribution in [2.24, 2.45) is 0 Å². The minimum atomic E-state index is 0.0353. The van der Waals surface area contributed by atoms with Crippen molar-refractivity contribution in [3.63, 3.8) is 0 Å². The Morgan fingerprint density at radius 1 is 1.23 bits per heavy atom. The van der Waals surface area contributed by atoms with Gasteiger partial charge >= 0.3 is 0 Å². The number of piperidine rings is 1. The average Bonchev–Trinajstić information content (AvgIpc) is 2.96. The van der Waals surface area contributed by atoms with Gasteiger partial charge in [-0.2, -0.15) is 0 Å². The van der Waals surface area contributed by atoms with E-state index in [2.05, 4.69) is 21.7 Å². The molecule has 1 amide bonds. The molecule has 0 bridgehead atoms. The minimum Gasteiger partial charge on any atom is -0.341 e. The van der Waals surface area contributed by atoms with E-state index in [1.165, 1.54) is 30.7 Å². The quantitative estimate of drug-likeness (QED) is 0.858. The Morgan fingerprint density at radius 2 is 2.00 bits per heavy atom. The molecule has 2 aliphatic heterocycles. The number of thiazole rings is 1. The Balaban J connectivity index is 1.60. The SMILES string of the molecule is C[C@H](C(=O)N1CCC[C@@H](c2nccs2)C1)N1CCCCCC1. The summed E-state index contributed by atoms with van der Waals surface area (Å²) in [6.45, 7) is 6.03. The molecule has 0 spiro atoms. The van der Waals surface area contributed by atoms with Crippen LogP contribution in [-0.4, -0.2) is 52.9 Å². The number of hydrogen-bond acceptors (Lipinski definition) is 4. The molecule has 3 rings (SSSR count). The molecule has 0 radical (unpaired) electrons. The summed E-state index contributed by atoms with van der Waals surface area (Å²) in [6.07, 6.45) is 9.23. The molecule has 1 aromatic heterocycles. The molecule has 0 aliphatic carbocycles. The monoisotopic (exact) mass is 321 g/mol. The highest BCUT2D eigenvalue weighted by Gasteiger charge is 2.31. The molecular weight excluding hydrogens is 294 g/mol. The van der Waals surface area contributed by atoms with Crippen LogP contribution in [0.1, 0.15) is 56.4 Å². The van der Waals surface area contributed by atoms with E-state index in [4.69, 9.17) is 0 Å². The van der Waals surface area contributed by atoms with Crippen LogP contribution in [0.4, 0.5) is 0 Å². The first-order valence-corrected chi connectivity index (χ1v) is 9.56. The molecular formula is C17H27N3OS. The highest BCUT2D eigenvalue weighted by Crippen LogP contribution is 2.28. The second-order valence-corrected chi connectivity index (χ2v) is 7.55. The number of amides is 1. The predicted octanol–water partition coefficient (Wildman–Crippen LogP) is 3.11. The standard InChI is InChI=1S/C17H27N3OS/c1-14(19-9-4-2-3-5-10-19)17(21)20-11-6-7-15(13-20)16-18-8-12-22-16/h8,12,14-15H,2-7,9-11,13H2,1H3/t14-,15-/m1/s1. The molecule has 5 heteroatoms. The first-order valence-electron chi connectivity index (χ1n) is 8.68. The molecule has 22 heavy (non-hydrogen) atoms. The lowest BCUT2D eigenvalue weighted by Crippen LogP contribution is -2.50. The van der Waals surface area contributed by atoms with Gasteiger partial charge < -0.3 is 4.90 Å². The van der Waals surface area contributed by atoms with Crippen LogP contribution in [-0.2, 0) is 4.79 Å². The van der Waals surface area contributed by atoms with Crippen LogP contribution in [0.2, 0.25) is 0 Å². The van der Waals surface area contributed by atoms with Crippen molar-refractivity contribution in [1.82, 2.24) is 14.8 Å². The van der Waals surface area contributed by atoms with E-state index < -0.39 is 0 Å². The summed E-state index contributed by atoms with van der Waals surface area (Å²) in [4.78, 5) is 21.8. The Kier molecular flexibility index (Phi) is 5.47. The third-order valence-corrected chi connectivity index (χ3v) is 6.02. The van der Waals surface area contributed by atoms with Gasteiger partial charge in [-0.3, -0.25) is 9.69 Å². The van der Waals surface area contributed by atoms with Crippen molar-refractivity contribution in [3.05, 3.63) is 16.6 Å². The molecule has 2 atom stereocenters. The van der Waals surface area contributed by atoms with Crippen molar-refractivity contribution >= 4 is 17.2 Å². The van der Waals surface area contributed by atoms with Gasteiger partial charge in [-0.15, -0.1) is 11.3 Å². The number of carbonyl (C=O) groups is 1. The third kappa shape index (κ3) is 3.69. The van der Waals surface area contributed by atoms with Gasteiger partial charge in [0, 0.05) is 30.6 Å². The van der Waals surface area contributed by atoms with Crippen molar-refractivity contribution in [2.75, 3.05) is 26.2 Å². The van der Waals surface area contributed by atoms with E-state index >= 15 is 0 Å². The first-order chi connectivity index (χ1) is 10.8. The summed E-state index contributed by atoms with van der Waals surface area (Å²) in [6, 6.07) is 0.0353. The minimum absolute atomic E-state index is 0.0353. The molecule has 2 saturated heterocycles. The largest absolute Gasteiger partial charge is 0.341 e. The van der Waals surface area contributed by atoms with Gasteiger partial charge in [-0.05, 0) is 45.7 Å². The molecule has 2 aliphatic rings. The Morgan fingerprint density at radius 3 is 2.68 bits per heavy atom. The van der Waals surface area contributed by atoms with E-state index in [1.807, 2.05) is 11.6 Å². The Hall–Kier alpha value is -0.940. The van der Waals surface area contributed by atoms with Crippen LogP contribution in [0, 0.1) is 0 Å². The summed E-state index contributed by atoms with van der Waals surface area (Å²) in [5.41, 5.74) is 0. The second-order valence-electron chi connectivity index (χ2n) is 6.62. The summed E-state index contributed by atoms with van der Waals surface area (Å²) in [5.74, 6) is 0.761. The average molecular weight is 321 g/mol. The van der Waals surface area contributed by atoms with Crippen molar-refractivity contribution < 1.29 is 4.79 Å². The summed E-state index contributed by atoms with van der Waals surface area (Å²) >= 11 is 1.72. The van der Waals surface area contributed by atoms with Gasteiger partial charge in [-0.1, -0.05) is 12.8 Å². The number of likely N-dealkylation sites (tertiary alicyclic amines) is 2. The van der Waals surface area contributed by atoms with E-state index in [0.717, 1.165) is 39.0 Å². The normalized spacial score (nSPS) is 25.7. The zero-order chi connectivity index (χ0) is 15.4. The lowest BCUT2D eigenvalue weighted by atomic mass is 9.98. The van der Waals surface area contributed by atoms with E-state index in [-0.39, 0.29) is 6.04 Å². The number of rotatable bonds is 3. The van der Waals surface area contributed by atoms with Gasteiger partial charge in [0.2, 0.25) is 5.91 Å². The van der Waals surface area contributed by atoms with Gasteiger partial charge in [0.1, 0.15) is 0 Å². The molecule has 1 aromatic rings. The molecule has 122 valence electrons.